The lowest BCUT2D eigenvalue weighted by Gasteiger charge is -2.16. The van der Waals surface area contributed by atoms with Gasteiger partial charge in [0.25, 0.3) is 0 Å². The third kappa shape index (κ3) is 2.87. The van der Waals surface area contributed by atoms with Crippen molar-refractivity contribution in [2.24, 2.45) is 0 Å². The smallest absolute Gasteiger partial charge is 0.340 e. The second-order valence-corrected chi connectivity index (χ2v) is 8.13. The number of hydrogen-bond donors (Lipinski definition) is 0. The van der Waals surface area contributed by atoms with E-state index in [1.807, 2.05) is 0 Å². The van der Waals surface area contributed by atoms with Crippen molar-refractivity contribution in [2.45, 2.75) is 18.1 Å². The van der Waals surface area contributed by atoms with Crippen LogP contribution in [0.2, 0.25) is 0 Å². The maximum absolute atomic E-state index is 12.9. The van der Waals surface area contributed by atoms with Crippen molar-refractivity contribution in [2.75, 3.05) is 21.3 Å². The number of carbonyl (C=O) groups is 2. The van der Waals surface area contributed by atoms with Gasteiger partial charge in [0.05, 0.1) is 43.9 Å². The van der Waals surface area contributed by atoms with Gasteiger partial charge in [-0.25, -0.2) is 18.0 Å². The van der Waals surface area contributed by atoms with Crippen LogP contribution < -0.4 is 4.74 Å². The Hall–Kier alpha value is -2.81. The van der Waals surface area contributed by atoms with Crippen molar-refractivity contribution < 1.29 is 32.2 Å². The van der Waals surface area contributed by atoms with Gasteiger partial charge in [0.15, 0.2) is 15.2 Å². The molecule has 0 saturated carbocycles. The first kappa shape index (κ1) is 19.0. The summed E-state index contributed by atoms with van der Waals surface area (Å²) in [5.41, 5.74) is 1.01. The second kappa shape index (κ2) is 6.73. The number of sulfone groups is 1. The Morgan fingerprint density at radius 3 is 2.07 bits per heavy atom. The van der Waals surface area contributed by atoms with Gasteiger partial charge in [-0.05, 0) is 24.6 Å². The maximum atomic E-state index is 12.9. The second-order valence-electron chi connectivity index (χ2n) is 6.07. The molecule has 2 aromatic rings. The molecule has 0 radical (unpaired) electrons. The number of aromatic nitrogens is 1. The van der Waals surface area contributed by atoms with Crippen LogP contribution in [0.25, 0.3) is 0 Å². The van der Waals surface area contributed by atoms with E-state index >= 15 is 0 Å². The normalized spacial score (nSPS) is 17.3. The zero-order chi connectivity index (χ0) is 19.9. The zero-order valence-electron chi connectivity index (χ0n) is 15.3. The molecular weight excluding hydrogens is 374 g/mol. The molecule has 0 N–H and O–H groups in total. The molecule has 3 rings (SSSR count). The topological polar surface area (TPSA) is 101 Å². The van der Waals surface area contributed by atoms with Crippen LogP contribution in [0.3, 0.4) is 0 Å². The van der Waals surface area contributed by atoms with Gasteiger partial charge in [-0.2, -0.15) is 0 Å². The van der Waals surface area contributed by atoms with E-state index in [1.165, 1.54) is 25.9 Å². The average molecular weight is 393 g/mol. The first-order valence-electron chi connectivity index (χ1n) is 8.02. The zero-order valence-corrected chi connectivity index (χ0v) is 16.1. The number of hydrogen-bond acceptors (Lipinski definition) is 7. The Morgan fingerprint density at radius 2 is 1.56 bits per heavy atom. The lowest BCUT2D eigenvalue weighted by molar-refractivity contribution is 0.0555. The van der Waals surface area contributed by atoms with Crippen molar-refractivity contribution in [3.63, 3.8) is 0 Å². The summed E-state index contributed by atoms with van der Waals surface area (Å²) in [6.07, 6.45) is 0. The third-order valence-corrected chi connectivity index (χ3v) is 6.48. The Labute approximate surface area is 156 Å². The van der Waals surface area contributed by atoms with Crippen LogP contribution >= 0.6 is 0 Å². The fourth-order valence-electron chi connectivity index (χ4n) is 3.46. The summed E-state index contributed by atoms with van der Waals surface area (Å²) in [6.45, 7) is 1.58. The van der Waals surface area contributed by atoms with Gasteiger partial charge < -0.3 is 18.8 Å². The summed E-state index contributed by atoms with van der Waals surface area (Å²) in [5, 5.41) is -1.06. The van der Waals surface area contributed by atoms with E-state index in [0.717, 1.165) is 0 Å². The van der Waals surface area contributed by atoms with Crippen LogP contribution in [-0.4, -0.2) is 46.3 Å². The SMILES string of the molecule is COC(=O)c1c(C(=O)OC)c2n(c1C)C(c1ccc(OC)cc1)S(=O)(=O)C2. The highest BCUT2D eigenvalue weighted by Crippen LogP contribution is 2.41. The van der Waals surface area contributed by atoms with Crippen molar-refractivity contribution in [1.29, 1.82) is 0 Å². The number of nitrogens with zero attached hydrogens (tertiary/aromatic N) is 1. The molecule has 1 aromatic carbocycles. The molecule has 0 aliphatic carbocycles. The summed E-state index contributed by atoms with van der Waals surface area (Å²) in [4.78, 5) is 24.6. The predicted molar refractivity (Wildman–Crippen MR) is 95.6 cm³/mol. The Morgan fingerprint density at radius 1 is 1.00 bits per heavy atom. The average Bonchev–Trinajstić information content (AvgIpc) is 3.09. The predicted octanol–water partition coefficient (Wildman–Crippen LogP) is 1.85. The number of methoxy groups -OCH3 is 3. The van der Waals surface area contributed by atoms with Gasteiger partial charge in [-0.1, -0.05) is 12.1 Å². The van der Waals surface area contributed by atoms with Gasteiger partial charge in [0.2, 0.25) is 0 Å². The molecule has 1 atom stereocenters. The highest BCUT2D eigenvalue weighted by atomic mass is 32.2. The minimum absolute atomic E-state index is 0.0211. The highest BCUT2D eigenvalue weighted by molar-refractivity contribution is 7.91. The molecule has 1 aromatic heterocycles. The number of rotatable bonds is 4. The summed E-state index contributed by atoms with van der Waals surface area (Å²) < 4.78 is 41.9. The van der Waals surface area contributed by atoms with Gasteiger partial charge in [0, 0.05) is 5.69 Å². The Kier molecular flexibility index (Phi) is 4.73. The molecule has 8 nitrogen and oxygen atoms in total. The lowest BCUT2D eigenvalue weighted by atomic mass is 10.1. The number of fused-ring (bicyclic) bond motifs is 1. The number of esters is 2. The van der Waals surface area contributed by atoms with Crippen molar-refractivity contribution in [3.05, 3.63) is 52.3 Å². The quantitative estimate of drug-likeness (QED) is 0.731. The van der Waals surface area contributed by atoms with Crippen molar-refractivity contribution in [1.82, 2.24) is 4.57 Å². The molecule has 1 aliphatic heterocycles. The van der Waals surface area contributed by atoms with E-state index < -0.39 is 27.1 Å². The van der Waals surface area contributed by atoms with Crippen LogP contribution in [0, 0.1) is 6.92 Å². The minimum Gasteiger partial charge on any atom is -0.497 e. The molecule has 144 valence electrons. The van der Waals surface area contributed by atoms with Crippen LogP contribution in [0.15, 0.2) is 24.3 Å². The van der Waals surface area contributed by atoms with Crippen LogP contribution in [0.5, 0.6) is 5.75 Å². The van der Waals surface area contributed by atoms with E-state index in [4.69, 9.17) is 14.2 Å². The summed E-state index contributed by atoms with van der Waals surface area (Å²) in [6, 6.07) is 6.60. The summed E-state index contributed by atoms with van der Waals surface area (Å²) in [5.74, 6) is -1.30. The van der Waals surface area contributed by atoms with E-state index in [2.05, 4.69) is 0 Å². The number of carbonyl (C=O) groups excluding carboxylic acids is 2. The number of ether oxygens (including phenoxy) is 3. The van der Waals surface area contributed by atoms with Gasteiger partial charge in [-0.15, -0.1) is 0 Å². The molecule has 9 heteroatoms. The Bertz CT molecular complexity index is 1020. The molecule has 0 spiro atoms. The molecule has 0 amide bonds. The molecule has 0 saturated heterocycles. The van der Waals surface area contributed by atoms with Crippen molar-refractivity contribution >= 4 is 21.8 Å². The van der Waals surface area contributed by atoms with Gasteiger partial charge >= 0.3 is 11.9 Å². The molecule has 27 heavy (non-hydrogen) atoms. The first-order chi connectivity index (χ1) is 12.8. The van der Waals surface area contributed by atoms with E-state index in [-0.39, 0.29) is 22.6 Å². The molecule has 1 aliphatic rings. The maximum Gasteiger partial charge on any atom is 0.340 e. The first-order valence-corrected chi connectivity index (χ1v) is 9.74. The Balaban J connectivity index is 2.28. The molecule has 1 unspecified atom stereocenters. The van der Waals surface area contributed by atoms with Gasteiger partial charge in [0.1, 0.15) is 5.75 Å². The number of benzene rings is 1. The van der Waals surface area contributed by atoms with E-state index in [1.54, 1.807) is 31.2 Å². The van der Waals surface area contributed by atoms with Crippen LogP contribution in [0.4, 0.5) is 0 Å². The van der Waals surface area contributed by atoms with Crippen LogP contribution in [0.1, 0.15) is 43.0 Å². The largest absolute Gasteiger partial charge is 0.497 e. The van der Waals surface area contributed by atoms with Crippen molar-refractivity contribution in [3.8, 4) is 5.75 Å². The molecule has 0 bridgehead atoms. The lowest BCUT2D eigenvalue weighted by Crippen LogP contribution is -2.17. The van der Waals surface area contributed by atoms with Gasteiger partial charge in [-0.3, -0.25) is 0 Å². The molecule has 0 fully saturated rings. The molecule has 2 heterocycles. The van der Waals surface area contributed by atoms with E-state index in [9.17, 15) is 18.0 Å². The third-order valence-electron chi connectivity index (χ3n) is 4.65. The van der Waals surface area contributed by atoms with E-state index in [0.29, 0.717) is 17.0 Å². The fourth-order valence-corrected chi connectivity index (χ4v) is 5.46. The standard InChI is InChI=1S/C18H19NO7S/c1-10-14(17(20)25-3)15(18(21)26-4)13-9-27(22,23)16(19(10)13)11-5-7-12(24-2)8-6-11/h5-8,16H,9H2,1-4H3. The van der Waals surface area contributed by atoms with Crippen LogP contribution in [-0.2, 0) is 25.1 Å². The fraction of sp³-hybridized carbons (Fsp3) is 0.333. The molecular formula is C18H19NO7S. The summed E-state index contributed by atoms with van der Waals surface area (Å²) >= 11 is 0. The monoisotopic (exact) mass is 393 g/mol. The summed E-state index contributed by atoms with van der Waals surface area (Å²) in [7, 11) is 0.237. The minimum atomic E-state index is -3.65. The highest BCUT2D eigenvalue weighted by Gasteiger charge is 2.44.